The fraction of sp³-hybridized carbons (Fsp3) is 0.692. The Kier molecular flexibility index (Phi) is 5.48. The lowest BCUT2D eigenvalue weighted by molar-refractivity contribution is -0.133. The summed E-state index contributed by atoms with van der Waals surface area (Å²) in [7, 11) is 0. The van der Waals surface area contributed by atoms with Gasteiger partial charge in [0.25, 0.3) is 0 Å². The van der Waals surface area contributed by atoms with Gasteiger partial charge in [-0.25, -0.2) is 0 Å². The van der Waals surface area contributed by atoms with Gasteiger partial charge in [-0.1, -0.05) is 33.8 Å². The molecule has 0 spiro atoms. The fourth-order valence-corrected chi connectivity index (χ4v) is 1.20. The zero-order chi connectivity index (χ0) is 12.1. The number of hydrogen-bond acceptors (Lipinski definition) is 2. The standard InChI is InChI=1S/C13H22O2/c1-6-7-8-13(4,5)12(15)9-11(14)10(2)3/h6,10H,1,7-9H2,2-5H3. The summed E-state index contributed by atoms with van der Waals surface area (Å²) in [6.07, 6.45) is 3.45. The molecule has 0 atom stereocenters. The third-order valence-corrected chi connectivity index (χ3v) is 2.71. The van der Waals surface area contributed by atoms with E-state index in [-0.39, 0.29) is 23.9 Å². The molecule has 0 rings (SSSR count). The third-order valence-electron chi connectivity index (χ3n) is 2.71. The van der Waals surface area contributed by atoms with Crippen molar-refractivity contribution in [1.82, 2.24) is 0 Å². The highest BCUT2D eigenvalue weighted by Crippen LogP contribution is 2.25. The molecule has 0 bridgehead atoms. The molecule has 0 aliphatic heterocycles. The van der Waals surface area contributed by atoms with Gasteiger partial charge in [-0.2, -0.15) is 0 Å². The van der Waals surface area contributed by atoms with Crippen LogP contribution in [0.5, 0.6) is 0 Å². The summed E-state index contributed by atoms with van der Waals surface area (Å²) < 4.78 is 0. The van der Waals surface area contributed by atoms with Crippen molar-refractivity contribution in [2.24, 2.45) is 11.3 Å². The highest BCUT2D eigenvalue weighted by molar-refractivity contribution is 6.02. The number of hydrogen-bond donors (Lipinski definition) is 0. The lowest BCUT2D eigenvalue weighted by Gasteiger charge is -2.22. The first kappa shape index (κ1) is 14.1. The molecule has 0 amide bonds. The molecule has 0 aromatic rings. The molecule has 0 aliphatic rings. The number of carbonyl (C=O) groups is 2. The van der Waals surface area contributed by atoms with Crippen molar-refractivity contribution in [3.8, 4) is 0 Å². The predicted octanol–water partition coefficient (Wildman–Crippen LogP) is 3.16. The molecule has 2 nitrogen and oxygen atoms in total. The van der Waals surface area contributed by atoms with E-state index >= 15 is 0 Å². The van der Waals surface area contributed by atoms with Crippen molar-refractivity contribution in [2.75, 3.05) is 0 Å². The molecule has 15 heavy (non-hydrogen) atoms. The summed E-state index contributed by atoms with van der Waals surface area (Å²) in [5, 5.41) is 0. The normalized spacial score (nSPS) is 11.5. The molecule has 0 fully saturated rings. The monoisotopic (exact) mass is 210 g/mol. The maximum atomic E-state index is 11.8. The average molecular weight is 210 g/mol. The summed E-state index contributed by atoms with van der Waals surface area (Å²) in [4.78, 5) is 23.3. The van der Waals surface area contributed by atoms with Crippen LogP contribution in [0.3, 0.4) is 0 Å². The molecule has 0 N–H and O–H groups in total. The number of allylic oxidation sites excluding steroid dienone is 1. The van der Waals surface area contributed by atoms with E-state index in [0.29, 0.717) is 0 Å². The first-order valence-corrected chi connectivity index (χ1v) is 5.48. The largest absolute Gasteiger partial charge is 0.299 e. The smallest absolute Gasteiger partial charge is 0.145 e. The van der Waals surface area contributed by atoms with Crippen LogP contribution in [0.2, 0.25) is 0 Å². The Morgan fingerprint density at radius 3 is 2.27 bits per heavy atom. The van der Waals surface area contributed by atoms with Crippen LogP contribution < -0.4 is 0 Å². The summed E-state index contributed by atoms with van der Waals surface area (Å²) >= 11 is 0. The highest BCUT2D eigenvalue weighted by Gasteiger charge is 2.28. The molecule has 0 aromatic heterocycles. The van der Waals surface area contributed by atoms with E-state index in [2.05, 4.69) is 6.58 Å². The summed E-state index contributed by atoms with van der Waals surface area (Å²) in [6.45, 7) is 11.1. The van der Waals surface area contributed by atoms with Crippen molar-refractivity contribution in [2.45, 2.75) is 47.0 Å². The Bertz CT molecular complexity index is 249. The SMILES string of the molecule is C=CCCC(C)(C)C(=O)CC(=O)C(C)C. The van der Waals surface area contributed by atoms with Gasteiger partial charge < -0.3 is 0 Å². The van der Waals surface area contributed by atoms with Crippen molar-refractivity contribution in [3.63, 3.8) is 0 Å². The first-order chi connectivity index (χ1) is 6.81. The van der Waals surface area contributed by atoms with E-state index in [9.17, 15) is 9.59 Å². The minimum absolute atomic E-state index is 0.0340. The second-order valence-electron chi connectivity index (χ2n) is 4.93. The second-order valence-corrected chi connectivity index (χ2v) is 4.93. The fourth-order valence-electron chi connectivity index (χ4n) is 1.20. The van der Waals surface area contributed by atoms with Crippen LogP contribution in [-0.4, -0.2) is 11.6 Å². The molecule has 0 aromatic carbocycles. The Labute approximate surface area is 92.8 Å². The molecular formula is C13H22O2. The van der Waals surface area contributed by atoms with Crippen molar-refractivity contribution >= 4 is 11.6 Å². The van der Waals surface area contributed by atoms with Crippen LogP contribution in [0.1, 0.15) is 47.0 Å². The van der Waals surface area contributed by atoms with Gasteiger partial charge in [0.1, 0.15) is 11.6 Å². The average Bonchev–Trinajstić information content (AvgIpc) is 2.14. The van der Waals surface area contributed by atoms with E-state index in [1.54, 1.807) is 6.08 Å². The van der Waals surface area contributed by atoms with E-state index in [1.807, 2.05) is 27.7 Å². The topological polar surface area (TPSA) is 34.1 Å². The molecule has 0 saturated carbocycles. The van der Waals surface area contributed by atoms with Crippen LogP contribution in [0.4, 0.5) is 0 Å². The Morgan fingerprint density at radius 2 is 1.87 bits per heavy atom. The van der Waals surface area contributed by atoms with Crippen LogP contribution in [0.25, 0.3) is 0 Å². The molecular weight excluding hydrogens is 188 g/mol. The van der Waals surface area contributed by atoms with E-state index < -0.39 is 5.41 Å². The first-order valence-electron chi connectivity index (χ1n) is 5.48. The number of rotatable bonds is 7. The predicted molar refractivity (Wildman–Crippen MR) is 62.7 cm³/mol. The number of carbonyl (C=O) groups excluding carboxylic acids is 2. The zero-order valence-electron chi connectivity index (χ0n) is 10.3. The van der Waals surface area contributed by atoms with Gasteiger partial charge in [-0.3, -0.25) is 9.59 Å². The Morgan fingerprint density at radius 1 is 1.33 bits per heavy atom. The molecule has 86 valence electrons. The summed E-state index contributed by atoms with van der Waals surface area (Å²) in [5.41, 5.74) is -0.404. The van der Waals surface area contributed by atoms with Gasteiger partial charge in [0.15, 0.2) is 0 Å². The highest BCUT2D eigenvalue weighted by atomic mass is 16.1. The van der Waals surface area contributed by atoms with Gasteiger partial charge in [0.05, 0.1) is 6.42 Å². The summed E-state index contributed by atoms with van der Waals surface area (Å²) in [6, 6.07) is 0. The lowest BCUT2D eigenvalue weighted by Crippen LogP contribution is -2.27. The second kappa shape index (κ2) is 5.84. The van der Waals surface area contributed by atoms with Gasteiger partial charge >= 0.3 is 0 Å². The number of Topliss-reactive ketones (excluding diaryl/α,β-unsaturated/α-hetero) is 2. The van der Waals surface area contributed by atoms with Crippen LogP contribution in [-0.2, 0) is 9.59 Å². The molecule has 0 aliphatic carbocycles. The van der Waals surface area contributed by atoms with Gasteiger partial charge in [0.2, 0.25) is 0 Å². The quantitative estimate of drug-likeness (QED) is 0.478. The van der Waals surface area contributed by atoms with Crippen LogP contribution in [0, 0.1) is 11.3 Å². The van der Waals surface area contributed by atoms with Crippen molar-refractivity contribution in [1.29, 1.82) is 0 Å². The van der Waals surface area contributed by atoms with Gasteiger partial charge in [-0.05, 0) is 12.8 Å². The molecule has 2 heteroatoms. The molecule has 0 unspecified atom stereocenters. The summed E-state index contributed by atoms with van der Waals surface area (Å²) in [5.74, 6) is 0.0267. The van der Waals surface area contributed by atoms with Gasteiger partial charge in [-0.15, -0.1) is 6.58 Å². The Hall–Kier alpha value is -0.920. The number of ketones is 2. The van der Waals surface area contributed by atoms with E-state index in [1.165, 1.54) is 0 Å². The molecule has 0 radical (unpaired) electrons. The minimum Gasteiger partial charge on any atom is -0.299 e. The molecule has 0 saturated heterocycles. The van der Waals surface area contributed by atoms with Gasteiger partial charge in [0, 0.05) is 11.3 Å². The zero-order valence-corrected chi connectivity index (χ0v) is 10.3. The lowest BCUT2D eigenvalue weighted by atomic mass is 9.80. The van der Waals surface area contributed by atoms with Crippen LogP contribution in [0.15, 0.2) is 12.7 Å². The van der Waals surface area contributed by atoms with Crippen molar-refractivity contribution < 1.29 is 9.59 Å². The van der Waals surface area contributed by atoms with Crippen molar-refractivity contribution in [3.05, 3.63) is 12.7 Å². The van der Waals surface area contributed by atoms with Crippen LogP contribution >= 0.6 is 0 Å². The Balaban J connectivity index is 4.30. The van der Waals surface area contributed by atoms with E-state index in [0.717, 1.165) is 12.8 Å². The third kappa shape index (κ3) is 4.91. The minimum atomic E-state index is -0.404. The van der Waals surface area contributed by atoms with E-state index in [4.69, 9.17) is 0 Å². The maximum absolute atomic E-state index is 11.8. The maximum Gasteiger partial charge on any atom is 0.145 e. The molecule has 0 heterocycles.